The molecule has 0 heterocycles. The summed E-state index contributed by atoms with van der Waals surface area (Å²) in [5.41, 5.74) is 1.82. The van der Waals surface area contributed by atoms with Gasteiger partial charge in [-0.2, -0.15) is 0 Å². The van der Waals surface area contributed by atoms with Crippen molar-refractivity contribution in [3.63, 3.8) is 0 Å². The standard InChI is InChI=1S/C15H24N2O3.ClH/c1-12-11-13(20-10-9-19-3)6-7-14(12)17-15(18)5-4-8-16-2;/h6-7,11,16H,4-5,8-10H2,1-3H3,(H,17,18);1H. The Labute approximate surface area is 132 Å². The number of rotatable bonds is 9. The highest BCUT2D eigenvalue weighted by Gasteiger charge is 2.05. The highest BCUT2D eigenvalue weighted by Crippen LogP contribution is 2.21. The highest BCUT2D eigenvalue weighted by atomic mass is 35.5. The molecule has 120 valence electrons. The lowest BCUT2D eigenvalue weighted by Crippen LogP contribution is -2.15. The Morgan fingerprint density at radius 2 is 2.05 bits per heavy atom. The number of methoxy groups -OCH3 is 1. The molecule has 0 unspecified atom stereocenters. The Balaban J connectivity index is 0.00000400. The summed E-state index contributed by atoms with van der Waals surface area (Å²) in [6, 6.07) is 5.64. The molecule has 6 heteroatoms. The molecular formula is C15H25ClN2O3. The largest absolute Gasteiger partial charge is 0.491 e. The second kappa shape index (κ2) is 11.4. The Morgan fingerprint density at radius 3 is 2.67 bits per heavy atom. The lowest BCUT2D eigenvalue weighted by Gasteiger charge is -2.11. The third-order valence-corrected chi connectivity index (χ3v) is 2.86. The van der Waals surface area contributed by atoms with Crippen LogP contribution in [0.5, 0.6) is 5.75 Å². The van der Waals surface area contributed by atoms with Crippen LogP contribution in [0.2, 0.25) is 0 Å². The van der Waals surface area contributed by atoms with Gasteiger partial charge in [-0.3, -0.25) is 4.79 Å². The summed E-state index contributed by atoms with van der Waals surface area (Å²) >= 11 is 0. The summed E-state index contributed by atoms with van der Waals surface area (Å²) in [5, 5.41) is 5.94. The number of nitrogens with one attached hydrogen (secondary N) is 2. The topological polar surface area (TPSA) is 59.6 Å². The van der Waals surface area contributed by atoms with Crippen molar-refractivity contribution >= 4 is 24.0 Å². The number of aryl methyl sites for hydroxylation is 1. The van der Waals surface area contributed by atoms with Crippen molar-refractivity contribution in [2.24, 2.45) is 0 Å². The molecule has 1 amide bonds. The molecule has 0 aliphatic rings. The van der Waals surface area contributed by atoms with Gasteiger partial charge in [0, 0.05) is 19.2 Å². The quantitative estimate of drug-likeness (QED) is 0.687. The fourth-order valence-corrected chi connectivity index (χ4v) is 1.75. The van der Waals surface area contributed by atoms with Crippen molar-refractivity contribution < 1.29 is 14.3 Å². The monoisotopic (exact) mass is 316 g/mol. The molecule has 0 saturated carbocycles. The zero-order chi connectivity index (χ0) is 14.8. The Hall–Kier alpha value is -1.30. The summed E-state index contributed by atoms with van der Waals surface area (Å²) in [4.78, 5) is 11.7. The van der Waals surface area contributed by atoms with Crippen LogP contribution in [0.15, 0.2) is 18.2 Å². The first-order valence-corrected chi connectivity index (χ1v) is 6.84. The van der Waals surface area contributed by atoms with E-state index < -0.39 is 0 Å². The molecule has 0 atom stereocenters. The van der Waals surface area contributed by atoms with Gasteiger partial charge in [0.2, 0.25) is 5.91 Å². The molecule has 0 aromatic heterocycles. The number of ether oxygens (including phenoxy) is 2. The minimum absolute atomic E-state index is 0. The van der Waals surface area contributed by atoms with Crippen LogP contribution >= 0.6 is 12.4 Å². The third kappa shape index (κ3) is 7.90. The lowest BCUT2D eigenvalue weighted by atomic mass is 10.2. The van der Waals surface area contributed by atoms with E-state index in [1.165, 1.54) is 0 Å². The van der Waals surface area contributed by atoms with Gasteiger partial charge in [-0.1, -0.05) is 0 Å². The number of halogens is 1. The Kier molecular flexibility index (Phi) is 10.7. The third-order valence-electron chi connectivity index (χ3n) is 2.86. The summed E-state index contributed by atoms with van der Waals surface area (Å²) in [7, 11) is 3.52. The van der Waals surface area contributed by atoms with Gasteiger partial charge in [0.1, 0.15) is 12.4 Å². The summed E-state index contributed by atoms with van der Waals surface area (Å²) in [5.74, 6) is 0.823. The van der Waals surface area contributed by atoms with E-state index in [0.717, 1.165) is 30.0 Å². The van der Waals surface area contributed by atoms with Crippen molar-refractivity contribution in [1.82, 2.24) is 5.32 Å². The van der Waals surface area contributed by atoms with Crippen molar-refractivity contribution in [3.05, 3.63) is 23.8 Å². The van der Waals surface area contributed by atoms with E-state index in [0.29, 0.717) is 19.6 Å². The van der Waals surface area contributed by atoms with Gasteiger partial charge in [0.15, 0.2) is 0 Å². The molecule has 0 aliphatic carbocycles. The van der Waals surface area contributed by atoms with E-state index in [-0.39, 0.29) is 18.3 Å². The number of carbonyl (C=O) groups excluding carboxylic acids is 1. The lowest BCUT2D eigenvalue weighted by molar-refractivity contribution is -0.116. The zero-order valence-electron chi connectivity index (χ0n) is 12.9. The minimum atomic E-state index is 0. The number of hydrogen-bond acceptors (Lipinski definition) is 4. The maximum Gasteiger partial charge on any atom is 0.224 e. The van der Waals surface area contributed by atoms with Crippen LogP contribution in [0.25, 0.3) is 0 Å². The number of hydrogen-bond donors (Lipinski definition) is 2. The molecule has 1 aromatic rings. The van der Waals surface area contributed by atoms with Crippen LogP contribution in [0.3, 0.4) is 0 Å². The SMILES string of the molecule is CNCCCC(=O)Nc1ccc(OCCOC)cc1C.Cl. The van der Waals surface area contributed by atoms with E-state index in [1.807, 2.05) is 32.2 Å². The molecule has 0 aliphatic heterocycles. The predicted octanol–water partition coefficient (Wildman–Crippen LogP) is 2.38. The van der Waals surface area contributed by atoms with Gasteiger partial charge >= 0.3 is 0 Å². The molecule has 5 nitrogen and oxygen atoms in total. The van der Waals surface area contributed by atoms with Gasteiger partial charge in [-0.05, 0) is 50.7 Å². The molecule has 0 saturated heterocycles. The van der Waals surface area contributed by atoms with Crippen LogP contribution in [0.1, 0.15) is 18.4 Å². The van der Waals surface area contributed by atoms with Crippen molar-refractivity contribution in [1.29, 1.82) is 0 Å². The molecule has 0 bridgehead atoms. The molecule has 0 spiro atoms. The first kappa shape index (κ1) is 19.7. The number of carbonyl (C=O) groups is 1. The van der Waals surface area contributed by atoms with Crippen molar-refractivity contribution in [3.8, 4) is 5.75 Å². The number of anilines is 1. The molecular weight excluding hydrogens is 292 g/mol. The molecule has 1 rings (SSSR count). The van der Waals surface area contributed by atoms with E-state index in [9.17, 15) is 4.79 Å². The maximum atomic E-state index is 11.7. The van der Waals surface area contributed by atoms with Crippen LogP contribution in [-0.4, -0.2) is 39.8 Å². The first-order chi connectivity index (χ1) is 9.67. The van der Waals surface area contributed by atoms with Gasteiger partial charge < -0.3 is 20.1 Å². The summed E-state index contributed by atoms with van der Waals surface area (Å²) < 4.78 is 10.5. The number of benzene rings is 1. The van der Waals surface area contributed by atoms with Crippen LogP contribution in [0.4, 0.5) is 5.69 Å². The van der Waals surface area contributed by atoms with Crippen molar-refractivity contribution in [2.45, 2.75) is 19.8 Å². The maximum absolute atomic E-state index is 11.7. The minimum Gasteiger partial charge on any atom is -0.491 e. The highest BCUT2D eigenvalue weighted by molar-refractivity contribution is 5.91. The average Bonchev–Trinajstić information content (AvgIpc) is 2.42. The second-order valence-electron chi connectivity index (χ2n) is 4.57. The Bertz CT molecular complexity index is 427. The first-order valence-electron chi connectivity index (χ1n) is 6.84. The van der Waals surface area contributed by atoms with Gasteiger partial charge in [-0.15, -0.1) is 12.4 Å². The normalized spacial score (nSPS) is 9.86. The summed E-state index contributed by atoms with van der Waals surface area (Å²) in [6.07, 6.45) is 1.35. The van der Waals surface area contributed by atoms with E-state index in [2.05, 4.69) is 10.6 Å². The average molecular weight is 317 g/mol. The Morgan fingerprint density at radius 1 is 1.29 bits per heavy atom. The molecule has 21 heavy (non-hydrogen) atoms. The fourth-order valence-electron chi connectivity index (χ4n) is 1.75. The zero-order valence-corrected chi connectivity index (χ0v) is 13.7. The van der Waals surface area contributed by atoms with E-state index in [4.69, 9.17) is 9.47 Å². The molecule has 2 N–H and O–H groups in total. The predicted molar refractivity (Wildman–Crippen MR) is 87.6 cm³/mol. The van der Waals surface area contributed by atoms with Crippen LogP contribution < -0.4 is 15.4 Å². The number of amides is 1. The second-order valence-corrected chi connectivity index (χ2v) is 4.57. The fraction of sp³-hybridized carbons (Fsp3) is 0.533. The van der Waals surface area contributed by atoms with Gasteiger partial charge in [-0.25, -0.2) is 0 Å². The van der Waals surface area contributed by atoms with E-state index >= 15 is 0 Å². The van der Waals surface area contributed by atoms with Crippen LogP contribution in [0, 0.1) is 6.92 Å². The van der Waals surface area contributed by atoms with Gasteiger partial charge in [0.05, 0.1) is 6.61 Å². The van der Waals surface area contributed by atoms with Crippen molar-refractivity contribution in [2.75, 3.05) is 39.2 Å². The molecule has 0 fully saturated rings. The molecule has 0 radical (unpaired) electrons. The van der Waals surface area contributed by atoms with E-state index in [1.54, 1.807) is 7.11 Å². The van der Waals surface area contributed by atoms with Gasteiger partial charge in [0.25, 0.3) is 0 Å². The molecule has 1 aromatic carbocycles. The smallest absolute Gasteiger partial charge is 0.224 e. The van der Waals surface area contributed by atoms with Crippen LogP contribution in [-0.2, 0) is 9.53 Å². The summed E-state index contributed by atoms with van der Waals surface area (Å²) in [6.45, 7) is 3.87.